The first-order valence-corrected chi connectivity index (χ1v) is 8.98. The van der Waals surface area contributed by atoms with Gasteiger partial charge in [-0.2, -0.15) is 0 Å². The van der Waals surface area contributed by atoms with Crippen LogP contribution in [0.1, 0.15) is 22.7 Å². The molecule has 1 unspecified atom stereocenters. The summed E-state index contributed by atoms with van der Waals surface area (Å²) in [4.78, 5) is 9.24. The van der Waals surface area contributed by atoms with Crippen molar-refractivity contribution in [1.29, 1.82) is 0 Å². The maximum absolute atomic E-state index is 4.91. The SMILES string of the molecule is CN=C(NCC1Cc2ccccc21)N1CCN(Cc2ccon2)CC1. The van der Waals surface area contributed by atoms with Crippen molar-refractivity contribution in [3.63, 3.8) is 0 Å². The van der Waals surface area contributed by atoms with E-state index in [1.54, 1.807) is 6.26 Å². The predicted octanol–water partition coefficient (Wildman–Crippen LogP) is 1.71. The summed E-state index contributed by atoms with van der Waals surface area (Å²) in [5.74, 6) is 1.63. The molecule has 0 saturated carbocycles. The van der Waals surface area contributed by atoms with E-state index < -0.39 is 0 Å². The van der Waals surface area contributed by atoms with Gasteiger partial charge in [-0.15, -0.1) is 0 Å². The van der Waals surface area contributed by atoms with E-state index >= 15 is 0 Å². The van der Waals surface area contributed by atoms with E-state index in [1.165, 1.54) is 17.5 Å². The Kier molecular flexibility index (Phi) is 4.70. The number of aliphatic imine (C=N–C) groups is 1. The third-order valence-corrected chi connectivity index (χ3v) is 5.23. The average Bonchev–Trinajstić information content (AvgIpc) is 3.13. The van der Waals surface area contributed by atoms with Crippen molar-refractivity contribution < 1.29 is 4.52 Å². The second-order valence-corrected chi connectivity index (χ2v) is 6.78. The lowest BCUT2D eigenvalue weighted by Gasteiger charge is -2.37. The monoisotopic (exact) mass is 339 g/mol. The minimum atomic E-state index is 0.612. The van der Waals surface area contributed by atoms with Gasteiger partial charge in [0.05, 0.1) is 5.69 Å². The molecule has 0 bridgehead atoms. The summed E-state index contributed by atoms with van der Waals surface area (Å²) in [5, 5.41) is 7.57. The molecule has 2 heterocycles. The zero-order chi connectivity index (χ0) is 17.1. The molecule has 1 aliphatic heterocycles. The van der Waals surface area contributed by atoms with Crippen molar-refractivity contribution in [3.05, 3.63) is 53.4 Å². The van der Waals surface area contributed by atoms with Crippen LogP contribution >= 0.6 is 0 Å². The molecule has 1 aliphatic carbocycles. The molecule has 1 aromatic carbocycles. The van der Waals surface area contributed by atoms with Gasteiger partial charge in [-0.1, -0.05) is 29.4 Å². The number of benzene rings is 1. The first-order valence-electron chi connectivity index (χ1n) is 8.98. The summed E-state index contributed by atoms with van der Waals surface area (Å²) < 4.78 is 4.91. The lowest BCUT2D eigenvalue weighted by atomic mass is 9.78. The van der Waals surface area contributed by atoms with Gasteiger partial charge >= 0.3 is 0 Å². The van der Waals surface area contributed by atoms with Crippen LogP contribution in [-0.2, 0) is 13.0 Å². The Morgan fingerprint density at radius 3 is 2.80 bits per heavy atom. The molecule has 132 valence electrons. The summed E-state index contributed by atoms with van der Waals surface area (Å²) in [6.07, 6.45) is 2.81. The highest BCUT2D eigenvalue weighted by Crippen LogP contribution is 2.34. The van der Waals surface area contributed by atoms with Gasteiger partial charge in [0, 0.05) is 58.3 Å². The minimum Gasteiger partial charge on any atom is -0.364 e. The summed E-state index contributed by atoms with van der Waals surface area (Å²) >= 11 is 0. The number of aromatic nitrogens is 1. The highest BCUT2D eigenvalue weighted by atomic mass is 16.5. The Hall–Kier alpha value is -2.34. The standard InChI is InChI=1S/C19H25N5O/c1-20-19(21-13-16-12-15-4-2-3-5-18(15)16)24-9-7-23(8-10-24)14-17-6-11-25-22-17/h2-6,11,16H,7-10,12-14H2,1H3,(H,20,21). The Morgan fingerprint density at radius 1 is 1.24 bits per heavy atom. The van der Waals surface area contributed by atoms with Crippen LogP contribution in [0, 0.1) is 0 Å². The molecule has 1 N–H and O–H groups in total. The lowest BCUT2D eigenvalue weighted by molar-refractivity contribution is 0.169. The first kappa shape index (κ1) is 16.1. The summed E-state index contributed by atoms with van der Waals surface area (Å²) in [7, 11) is 1.87. The molecule has 1 fully saturated rings. The minimum absolute atomic E-state index is 0.612. The molecule has 25 heavy (non-hydrogen) atoms. The molecule has 1 saturated heterocycles. The molecule has 0 amide bonds. The van der Waals surface area contributed by atoms with Crippen LogP contribution in [-0.4, -0.2) is 60.7 Å². The molecule has 2 aromatic rings. The van der Waals surface area contributed by atoms with Crippen LogP contribution in [0.25, 0.3) is 0 Å². The number of rotatable bonds is 4. The molecular weight excluding hydrogens is 314 g/mol. The molecule has 0 spiro atoms. The number of hydrogen-bond donors (Lipinski definition) is 1. The fourth-order valence-electron chi connectivity index (χ4n) is 3.76. The molecule has 6 heteroatoms. The van der Waals surface area contributed by atoms with Gasteiger partial charge in [-0.05, 0) is 17.5 Å². The Labute approximate surface area is 148 Å². The number of piperazine rings is 1. The number of nitrogens with one attached hydrogen (secondary N) is 1. The highest BCUT2D eigenvalue weighted by molar-refractivity contribution is 5.80. The summed E-state index contributed by atoms with van der Waals surface area (Å²) in [6, 6.07) is 10.7. The first-order chi connectivity index (χ1) is 12.3. The molecule has 2 aliphatic rings. The van der Waals surface area contributed by atoms with E-state index in [9.17, 15) is 0 Å². The van der Waals surface area contributed by atoms with E-state index in [1.807, 2.05) is 13.1 Å². The van der Waals surface area contributed by atoms with Crippen LogP contribution in [0.3, 0.4) is 0 Å². The van der Waals surface area contributed by atoms with Gasteiger partial charge in [-0.25, -0.2) is 0 Å². The number of fused-ring (bicyclic) bond motifs is 1. The van der Waals surface area contributed by atoms with E-state index in [0.717, 1.165) is 50.9 Å². The maximum atomic E-state index is 4.91. The van der Waals surface area contributed by atoms with Crippen LogP contribution in [0.4, 0.5) is 0 Å². The molecule has 1 atom stereocenters. The Balaban J connectivity index is 1.25. The van der Waals surface area contributed by atoms with E-state index in [2.05, 4.69) is 49.5 Å². The van der Waals surface area contributed by atoms with Crippen LogP contribution in [0.5, 0.6) is 0 Å². The van der Waals surface area contributed by atoms with E-state index in [0.29, 0.717) is 5.92 Å². The fourth-order valence-corrected chi connectivity index (χ4v) is 3.76. The van der Waals surface area contributed by atoms with Crippen molar-refractivity contribution >= 4 is 5.96 Å². The largest absolute Gasteiger partial charge is 0.364 e. The van der Waals surface area contributed by atoms with Crippen molar-refractivity contribution in [2.24, 2.45) is 4.99 Å². The van der Waals surface area contributed by atoms with Crippen molar-refractivity contribution in [2.75, 3.05) is 39.8 Å². The fraction of sp³-hybridized carbons (Fsp3) is 0.474. The van der Waals surface area contributed by atoms with Crippen LogP contribution < -0.4 is 5.32 Å². The molecular formula is C19H25N5O. The summed E-state index contributed by atoms with van der Waals surface area (Å²) in [6.45, 7) is 5.81. The van der Waals surface area contributed by atoms with Crippen molar-refractivity contribution in [2.45, 2.75) is 18.9 Å². The normalized spacial score (nSPS) is 20.9. The van der Waals surface area contributed by atoms with E-state index in [4.69, 9.17) is 4.52 Å². The van der Waals surface area contributed by atoms with Gasteiger partial charge in [0.1, 0.15) is 6.26 Å². The molecule has 6 nitrogen and oxygen atoms in total. The smallest absolute Gasteiger partial charge is 0.193 e. The number of nitrogens with zero attached hydrogens (tertiary/aromatic N) is 4. The second kappa shape index (κ2) is 7.27. The third kappa shape index (κ3) is 3.54. The van der Waals surface area contributed by atoms with Crippen molar-refractivity contribution in [3.8, 4) is 0 Å². The zero-order valence-corrected chi connectivity index (χ0v) is 14.7. The third-order valence-electron chi connectivity index (χ3n) is 5.23. The average molecular weight is 339 g/mol. The molecule has 1 aromatic heterocycles. The van der Waals surface area contributed by atoms with Gasteiger partial charge in [0.15, 0.2) is 5.96 Å². The lowest BCUT2D eigenvalue weighted by Crippen LogP contribution is -2.53. The van der Waals surface area contributed by atoms with Crippen molar-refractivity contribution in [1.82, 2.24) is 20.3 Å². The number of hydrogen-bond acceptors (Lipinski definition) is 4. The Bertz CT molecular complexity index is 719. The number of guanidine groups is 1. The van der Waals surface area contributed by atoms with Gasteiger partial charge in [0.2, 0.25) is 0 Å². The second-order valence-electron chi connectivity index (χ2n) is 6.78. The van der Waals surface area contributed by atoms with E-state index in [-0.39, 0.29) is 0 Å². The summed E-state index contributed by atoms with van der Waals surface area (Å²) in [5.41, 5.74) is 3.98. The zero-order valence-electron chi connectivity index (χ0n) is 14.7. The van der Waals surface area contributed by atoms with Crippen LogP contribution in [0.2, 0.25) is 0 Å². The van der Waals surface area contributed by atoms with Gasteiger partial charge in [0.25, 0.3) is 0 Å². The quantitative estimate of drug-likeness (QED) is 0.679. The Morgan fingerprint density at radius 2 is 2.08 bits per heavy atom. The highest BCUT2D eigenvalue weighted by Gasteiger charge is 2.26. The maximum Gasteiger partial charge on any atom is 0.193 e. The topological polar surface area (TPSA) is 56.9 Å². The van der Waals surface area contributed by atoms with Gasteiger partial charge in [-0.3, -0.25) is 9.89 Å². The predicted molar refractivity (Wildman–Crippen MR) is 97.6 cm³/mol. The molecule has 4 rings (SSSR count). The van der Waals surface area contributed by atoms with Gasteiger partial charge < -0.3 is 14.7 Å². The van der Waals surface area contributed by atoms with Crippen LogP contribution in [0.15, 0.2) is 46.1 Å². The molecule has 0 radical (unpaired) electrons.